The van der Waals surface area contributed by atoms with E-state index in [0.717, 1.165) is 75.3 Å². The standard InChI is InChI=1S/C32H36O3.C28H33IO2.C4H5BO3/c1-4-20-16-29-27-11-9-23-15-25(34)10-12-26(23)30(27)28(17-32(29,3)31(20)19(2)33)22-7-5-21(6-8-22)24-13-14-35-18-24;1-4-17-14-25-23-11-7-19-13-21(31)10-12-22(19)26(23)24(18-5-8-20(29)9-6-18)15-28(25,3)27(17)16(2)30;6-5(7)4-1-2-8-3-4/h5-8,13-15,18,20,27-29,31H,4,9-12,16-17H2,1-3H3;5-6,8-9,13,17,23-25,27H,4,7,10-12,14-15H2,1-3H3;1-3,6-7H/t20-,27?,28-,29?,31?,32+;17-,23?,24-,25?,27?,28+;/m11./s1. The van der Waals surface area contributed by atoms with Gasteiger partial charge in [0.15, 0.2) is 11.6 Å². The molecular formula is C64H74BIO8. The highest BCUT2D eigenvalue weighted by Gasteiger charge is 2.62. The van der Waals surface area contributed by atoms with Gasteiger partial charge in [0.05, 0.1) is 25.1 Å². The van der Waals surface area contributed by atoms with Gasteiger partial charge in [0, 0.05) is 51.1 Å². The number of carbonyl (C=O) groups is 4. The molecule has 6 unspecified atom stereocenters. The molecule has 8 nitrogen and oxygen atoms in total. The van der Waals surface area contributed by atoms with Crippen molar-refractivity contribution in [1.82, 2.24) is 0 Å². The summed E-state index contributed by atoms with van der Waals surface area (Å²) in [5.74, 6) is 5.61. The number of halogens is 1. The number of Topliss-reactive ketones (excluding diaryl/α,β-unsaturated/α-hetero) is 2. The predicted molar refractivity (Wildman–Crippen MR) is 299 cm³/mol. The van der Waals surface area contributed by atoms with Gasteiger partial charge in [-0.05, 0) is 222 Å². The molecule has 0 aliphatic heterocycles. The normalized spacial score (nSPS) is 32.7. The van der Waals surface area contributed by atoms with Crippen LogP contribution in [-0.2, 0) is 19.2 Å². The Hall–Kier alpha value is -4.65. The van der Waals surface area contributed by atoms with E-state index >= 15 is 0 Å². The first-order valence-electron chi connectivity index (χ1n) is 27.7. The summed E-state index contributed by atoms with van der Waals surface area (Å²) in [5.41, 5.74) is 14.3. The third-order valence-corrected chi connectivity index (χ3v) is 20.7. The largest absolute Gasteiger partial charge is 0.491 e. The third kappa shape index (κ3) is 9.64. The van der Waals surface area contributed by atoms with Crippen LogP contribution in [0.4, 0.5) is 0 Å². The zero-order chi connectivity index (χ0) is 52.2. The maximum Gasteiger partial charge on any atom is 0.491 e. The molecule has 0 radical (unpaired) electrons. The number of carbonyl (C=O) groups excluding carboxylic acids is 4. The second-order valence-corrected chi connectivity index (χ2v) is 25.0. The molecule has 2 heterocycles. The molecule has 8 aliphatic rings. The van der Waals surface area contributed by atoms with Crippen molar-refractivity contribution in [3.8, 4) is 11.1 Å². The minimum absolute atomic E-state index is 0.0286. The summed E-state index contributed by atoms with van der Waals surface area (Å²) >= 11 is 2.38. The number of ketones is 4. The molecule has 0 amide bonds. The Balaban J connectivity index is 0.000000148. The number of allylic oxidation sites excluding steroid dienone is 8. The summed E-state index contributed by atoms with van der Waals surface area (Å²) in [6.45, 7) is 13.1. The van der Waals surface area contributed by atoms with Crippen LogP contribution in [0.25, 0.3) is 11.1 Å². The van der Waals surface area contributed by atoms with Gasteiger partial charge in [0.25, 0.3) is 0 Å². The van der Waals surface area contributed by atoms with Gasteiger partial charge in [-0.25, -0.2) is 0 Å². The molecule has 2 aromatic heterocycles. The number of rotatable bonds is 8. The van der Waals surface area contributed by atoms with Crippen molar-refractivity contribution < 1.29 is 38.1 Å². The Morgan fingerprint density at radius 1 is 0.622 bits per heavy atom. The average Bonchev–Trinajstić information content (AvgIpc) is 4.22. The highest BCUT2D eigenvalue weighted by atomic mass is 127. The number of hydrogen-bond donors (Lipinski definition) is 2. The molecule has 12 rings (SSSR count). The van der Waals surface area contributed by atoms with Gasteiger partial charge in [-0.3, -0.25) is 19.2 Å². The van der Waals surface area contributed by atoms with Crippen LogP contribution in [0.3, 0.4) is 0 Å². The van der Waals surface area contributed by atoms with Crippen LogP contribution < -0.4 is 5.46 Å². The summed E-state index contributed by atoms with van der Waals surface area (Å²) in [5, 5.41) is 16.8. The van der Waals surface area contributed by atoms with E-state index in [9.17, 15) is 19.2 Å². The Morgan fingerprint density at radius 3 is 1.47 bits per heavy atom. The number of benzene rings is 2. The Kier molecular flexibility index (Phi) is 15.3. The molecule has 0 spiro atoms. The smallest absolute Gasteiger partial charge is 0.473 e. The maximum absolute atomic E-state index is 13.1. The highest BCUT2D eigenvalue weighted by Crippen LogP contribution is 2.69. The molecule has 12 atom stereocenters. The van der Waals surface area contributed by atoms with Crippen LogP contribution in [0, 0.1) is 61.7 Å². The van der Waals surface area contributed by atoms with Crippen molar-refractivity contribution in [3.05, 3.63) is 146 Å². The molecule has 10 heteroatoms. The van der Waals surface area contributed by atoms with Crippen LogP contribution in [-0.4, -0.2) is 40.3 Å². The fraction of sp³-hybridized carbons (Fsp3) is 0.500. The molecule has 8 aliphatic carbocycles. The van der Waals surface area contributed by atoms with E-state index in [1.165, 1.54) is 68.4 Å². The fourth-order valence-electron chi connectivity index (χ4n) is 17.1. The second kappa shape index (κ2) is 21.4. The minimum atomic E-state index is -1.41. The molecule has 74 heavy (non-hydrogen) atoms. The van der Waals surface area contributed by atoms with E-state index in [-0.39, 0.29) is 28.4 Å². The quantitative estimate of drug-likeness (QED) is 0.132. The van der Waals surface area contributed by atoms with Crippen LogP contribution >= 0.6 is 22.6 Å². The summed E-state index contributed by atoms with van der Waals surface area (Å²) < 4.78 is 11.1. The minimum Gasteiger partial charge on any atom is -0.473 e. The zero-order valence-corrected chi connectivity index (χ0v) is 46.4. The SMILES string of the molecule is CC[C@@H]1CC2C3CCC4=CC(=O)CCC4=C3[C@@H](c3ccc(-c4ccoc4)cc3)C[C@]2(C)C1C(C)=O.CC[C@@H]1CC2C3CCC4=CC(=O)CCC4=C3[C@@H](c3ccc(I)cc3)C[C@]2(C)C1C(C)=O.OB(O)c1ccoc1. The summed E-state index contributed by atoms with van der Waals surface area (Å²) in [7, 11) is -1.41. The third-order valence-electron chi connectivity index (χ3n) is 20.0. The first-order valence-corrected chi connectivity index (χ1v) is 28.8. The summed E-state index contributed by atoms with van der Waals surface area (Å²) in [4.78, 5) is 50.4. The van der Waals surface area contributed by atoms with E-state index in [0.29, 0.717) is 83.0 Å². The monoisotopic (exact) mass is 1110 g/mol. The predicted octanol–water partition coefficient (Wildman–Crippen LogP) is 13.7. The summed E-state index contributed by atoms with van der Waals surface area (Å²) in [6.07, 6.45) is 24.1. The van der Waals surface area contributed by atoms with Crippen LogP contribution in [0.1, 0.15) is 154 Å². The van der Waals surface area contributed by atoms with Crippen LogP contribution in [0.2, 0.25) is 0 Å². The van der Waals surface area contributed by atoms with Gasteiger partial charge >= 0.3 is 7.12 Å². The van der Waals surface area contributed by atoms with Gasteiger partial charge in [-0.1, -0.05) is 88.1 Å². The van der Waals surface area contributed by atoms with Crippen LogP contribution in [0.15, 0.2) is 140 Å². The van der Waals surface area contributed by atoms with Crippen molar-refractivity contribution in [2.45, 2.75) is 143 Å². The van der Waals surface area contributed by atoms with Crippen molar-refractivity contribution >= 4 is 58.3 Å². The lowest BCUT2D eigenvalue weighted by Crippen LogP contribution is -2.45. The molecule has 4 fully saturated rings. The van der Waals surface area contributed by atoms with E-state index in [4.69, 9.17) is 14.5 Å². The van der Waals surface area contributed by atoms with Crippen molar-refractivity contribution in [3.63, 3.8) is 0 Å². The Labute approximate surface area is 452 Å². The highest BCUT2D eigenvalue weighted by molar-refractivity contribution is 14.1. The van der Waals surface area contributed by atoms with Gasteiger partial charge in [0.2, 0.25) is 0 Å². The van der Waals surface area contributed by atoms with Gasteiger partial charge in [-0.2, -0.15) is 0 Å². The van der Waals surface area contributed by atoms with Gasteiger partial charge < -0.3 is 18.9 Å². The first kappa shape index (κ1) is 52.8. The number of fused-ring (bicyclic) bond motifs is 8. The molecule has 2 aromatic carbocycles. The van der Waals surface area contributed by atoms with Gasteiger partial charge in [0.1, 0.15) is 11.6 Å². The van der Waals surface area contributed by atoms with Crippen molar-refractivity contribution in [2.24, 2.45) is 58.2 Å². The molecule has 2 N–H and O–H groups in total. The van der Waals surface area contributed by atoms with Crippen LogP contribution in [0.5, 0.6) is 0 Å². The zero-order valence-electron chi connectivity index (χ0n) is 44.2. The molecule has 388 valence electrons. The van der Waals surface area contributed by atoms with E-state index < -0.39 is 7.12 Å². The molecule has 4 aromatic rings. The molecule has 0 bridgehead atoms. The summed E-state index contributed by atoms with van der Waals surface area (Å²) in [6, 6.07) is 21.6. The van der Waals surface area contributed by atoms with Crippen molar-refractivity contribution in [2.75, 3.05) is 0 Å². The molecular weight excluding hydrogens is 1030 g/mol. The van der Waals surface area contributed by atoms with E-state index in [1.54, 1.807) is 23.7 Å². The van der Waals surface area contributed by atoms with E-state index in [2.05, 4.69) is 103 Å². The number of hydrogen-bond acceptors (Lipinski definition) is 8. The second-order valence-electron chi connectivity index (χ2n) is 23.8. The van der Waals surface area contributed by atoms with E-state index in [1.807, 2.05) is 32.1 Å². The maximum atomic E-state index is 13.1. The Bertz CT molecular complexity index is 2890. The lowest BCUT2D eigenvalue weighted by atomic mass is 9.51. The number of furan rings is 2. The fourth-order valence-corrected chi connectivity index (χ4v) is 17.5. The lowest BCUT2D eigenvalue weighted by molar-refractivity contribution is -0.127. The Morgan fingerprint density at radius 2 is 1.08 bits per heavy atom. The molecule has 0 saturated heterocycles. The molecule has 4 saturated carbocycles. The van der Waals surface area contributed by atoms with Crippen molar-refractivity contribution in [1.29, 1.82) is 0 Å². The topological polar surface area (TPSA) is 135 Å². The first-order chi connectivity index (χ1) is 35.5. The lowest BCUT2D eigenvalue weighted by Gasteiger charge is -2.52. The average molecular weight is 1110 g/mol. The van der Waals surface area contributed by atoms with Gasteiger partial charge in [-0.15, -0.1) is 0 Å².